The minimum Gasteiger partial charge on any atom is -0.322 e. The zero-order chi connectivity index (χ0) is 15.6. The van der Waals surface area contributed by atoms with Crippen LogP contribution in [-0.2, 0) is 14.8 Å². The van der Waals surface area contributed by atoms with Crippen LogP contribution in [0, 0.1) is 0 Å². The molecule has 1 amide bonds. The summed E-state index contributed by atoms with van der Waals surface area (Å²) in [6.07, 6.45) is 0. The molecular weight excluding hydrogens is 290 g/mol. The van der Waals surface area contributed by atoms with Crippen molar-refractivity contribution < 1.29 is 13.2 Å². The average molecular weight is 309 g/mol. The highest BCUT2D eigenvalue weighted by Gasteiger charge is 2.19. The molecule has 0 saturated carbocycles. The number of hydrogen-bond donors (Lipinski definition) is 2. The average Bonchev–Trinajstić information content (AvgIpc) is 2.36. The first-order valence-electron chi connectivity index (χ1n) is 6.55. The van der Waals surface area contributed by atoms with Gasteiger partial charge in [0.15, 0.2) is 0 Å². The molecule has 0 aromatic heterocycles. The number of sulfonamides is 1. The van der Waals surface area contributed by atoms with E-state index >= 15 is 0 Å². The van der Waals surface area contributed by atoms with E-state index in [0.29, 0.717) is 11.3 Å². The summed E-state index contributed by atoms with van der Waals surface area (Å²) in [7, 11) is -0.563. The van der Waals surface area contributed by atoms with Crippen LogP contribution in [0.2, 0.25) is 0 Å². The summed E-state index contributed by atoms with van der Waals surface area (Å²) >= 11 is 0. The molecule has 21 heavy (non-hydrogen) atoms. The normalized spacial score (nSPS) is 14.8. The lowest BCUT2D eigenvalue weighted by molar-refractivity contribution is -0.112. The first kappa shape index (κ1) is 15.7. The fourth-order valence-electron chi connectivity index (χ4n) is 1.85. The highest BCUT2D eigenvalue weighted by Crippen LogP contribution is 2.19. The maximum Gasteiger partial charge on any atom is 0.251 e. The molecule has 0 radical (unpaired) electrons. The summed E-state index contributed by atoms with van der Waals surface area (Å²) in [5.74, 6) is -0.203. The van der Waals surface area contributed by atoms with Crippen molar-refractivity contribution in [2.45, 2.75) is 11.8 Å². The van der Waals surface area contributed by atoms with Crippen molar-refractivity contribution in [1.29, 1.82) is 0 Å². The molecule has 1 fully saturated rings. The molecule has 0 atom stereocenters. The predicted molar refractivity (Wildman–Crippen MR) is 81.5 cm³/mol. The van der Waals surface area contributed by atoms with Gasteiger partial charge in [-0.15, -0.1) is 0 Å². The van der Waals surface area contributed by atoms with Crippen LogP contribution in [0.25, 0.3) is 0 Å². The SMILES string of the molecule is CC(C(=O)Nc1cccc(S(=O)(=O)N(C)C)c1)=C1CNC1. The van der Waals surface area contributed by atoms with Crippen LogP contribution in [0.1, 0.15) is 6.92 Å². The van der Waals surface area contributed by atoms with Crippen molar-refractivity contribution in [2.24, 2.45) is 0 Å². The summed E-state index contributed by atoms with van der Waals surface area (Å²) in [5, 5.41) is 5.81. The fraction of sp³-hybridized carbons (Fsp3) is 0.357. The van der Waals surface area contributed by atoms with Gasteiger partial charge < -0.3 is 10.6 Å². The van der Waals surface area contributed by atoms with Crippen molar-refractivity contribution in [3.8, 4) is 0 Å². The van der Waals surface area contributed by atoms with E-state index in [1.54, 1.807) is 19.1 Å². The van der Waals surface area contributed by atoms with E-state index in [1.807, 2.05) is 0 Å². The lowest BCUT2D eigenvalue weighted by Gasteiger charge is -2.21. The molecule has 0 spiro atoms. The van der Waals surface area contributed by atoms with Crippen molar-refractivity contribution in [3.05, 3.63) is 35.4 Å². The van der Waals surface area contributed by atoms with Gasteiger partial charge in [0.1, 0.15) is 0 Å². The molecule has 114 valence electrons. The van der Waals surface area contributed by atoms with Crippen LogP contribution >= 0.6 is 0 Å². The third kappa shape index (κ3) is 3.31. The number of hydrogen-bond acceptors (Lipinski definition) is 4. The second kappa shape index (κ2) is 5.97. The van der Waals surface area contributed by atoms with Gasteiger partial charge in [0, 0.05) is 38.4 Å². The molecule has 1 saturated heterocycles. The molecule has 0 bridgehead atoms. The Labute approximate surface area is 124 Å². The van der Waals surface area contributed by atoms with Gasteiger partial charge in [0.2, 0.25) is 10.0 Å². The number of amides is 1. The molecule has 1 aromatic rings. The number of carbonyl (C=O) groups is 1. The summed E-state index contributed by atoms with van der Waals surface area (Å²) < 4.78 is 25.3. The quantitative estimate of drug-likeness (QED) is 0.806. The van der Waals surface area contributed by atoms with Crippen LogP contribution in [-0.4, -0.2) is 45.8 Å². The first-order valence-corrected chi connectivity index (χ1v) is 7.99. The number of carbonyl (C=O) groups excluding carboxylic acids is 1. The highest BCUT2D eigenvalue weighted by molar-refractivity contribution is 7.89. The molecule has 0 aliphatic carbocycles. The zero-order valence-electron chi connectivity index (χ0n) is 12.3. The van der Waals surface area contributed by atoms with Crippen LogP contribution < -0.4 is 10.6 Å². The lowest BCUT2D eigenvalue weighted by Crippen LogP contribution is -2.36. The Balaban J connectivity index is 2.21. The van der Waals surface area contributed by atoms with Crippen molar-refractivity contribution in [3.63, 3.8) is 0 Å². The maximum absolute atomic E-state index is 12.1. The molecule has 1 aliphatic rings. The minimum absolute atomic E-state index is 0.154. The first-order chi connectivity index (χ1) is 9.82. The number of nitrogens with zero attached hydrogens (tertiary/aromatic N) is 1. The number of anilines is 1. The highest BCUT2D eigenvalue weighted by atomic mass is 32.2. The Morgan fingerprint density at radius 3 is 2.48 bits per heavy atom. The molecule has 2 N–H and O–H groups in total. The van der Waals surface area contributed by atoms with Gasteiger partial charge in [-0.25, -0.2) is 12.7 Å². The van der Waals surface area contributed by atoms with Gasteiger partial charge >= 0.3 is 0 Å². The van der Waals surface area contributed by atoms with Crippen molar-refractivity contribution >= 4 is 21.6 Å². The Morgan fingerprint density at radius 2 is 1.95 bits per heavy atom. The van der Waals surface area contributed by atoms with Crippen LogP contribution in [0.3, 0.4) is 0 Å². The van der Waals surface area contributed by atoms with Gasteiger partial charge in [0.05, 0.1) is 4.90 Å². The molecule has 1 aliphatic heterocycles. The van der Waals surface area contributed by atoms with Gasteiger partial charge in [0.25, 0.3) is 5.91 Å². The van der Waals surface area contributed by atoms with E-state index in [4.69, 9.17) is 0 Å². The Kier molecular flexibility index (Phi) is 4.46. The third-order valence-electron chi connectivity index (χ3n) is 3.42. The van der Waals surface area contributed by atoms with E-state index in [9.17, 15) is 13.2 Å². The molecule has 7 heteroatoms. The van der Waals surface area contributed by atoms with E-state index in [0.717, 1.165) is 23.0 Å². The van der Waals surface area contributed by atoms with E-state index < -0.39 is 10.0 Å². The van der Waals surface area contributed by atoms with Crippen LogP contribution in [0.15, 0.2) is 40.3 Å². The second-order valence-electron chi connectivity index (χ2n) is 5.10. The number of benzene rings is 1. The summed E-state index contributed by atoms with van der Waals surface area (Å²) in [6, 6.07) is 6.25. The van der Waals surface area contributed by atoms with Crippen LogP contribution in [0.5, 0.6) is 0 Å². The molecular formula is C14H19N3O3S. The number of nitrogens with one attached hydrogen (secondary N) is 2. The largest absolute Gasteiger partial charge is 0.322 e. The Bertz CT molecular complexity index is 687. The van der Waals surface area contributed by atoms with Crippen molar-refractivity contribution in [1.82, 2.24) is 9.62 Å². The zero-order valence-corrected chi connectivity index (χ0v) is 13.1. The smallest absolute Gasteiger partial charge is 0.251 e. The van der Waals surface area contributed by atoms with Crippen molar-refractivity contribution in [2.75, 3.05) is 32.5 Å². The standard InChI is InChI=1S/C14H19N3O3S/c1-10(11-8-15-9-11)14(18)16-12-5-4-6-13(7-12)21(19,20)17(2)3/h4-7,15H,8-9H2,1-3H3,(H,16,18). The van der Waals surface area contributed by atoms with E-state index in [2.05, 4.69) is 10.6 Å². The fourth-order valence-corrected chi connectivity index (χ4v) is 2.79. The minimum atomic E-state index is -3.51. The summed E-state index contributed by atoms with van der Waals surface area (Å²) in [6.45, 7) is 3.23. The molecule has 2 rings (SSSR count). The van der Waals surface area contributed by atoms with Gasteiger partial charge in [-0.05, 0) is 30.7 Å². The maximum atomic E-state index is 12.1. The molecule has 1 aromatic carbocycles. The van der Waals surface area contributed by atoms with Gasteiger partial charge in [-0.2, -0.15) is 0 Å². The predicted octanol–water partition coefficient (Wildman–Crippen LogP) is 0.795. The third-order valence-corrected chi connectivity index (χ3v) is 5.23. The summed E-state index contributed by atoms with van der Waals surface area (Å²) in [5.41, 5.74) is 2.22. The second-order valence-corrected chi connectivity index (χ2v) is 7.25. The van der Waals surface area contributed by atoms with Gasteiger partial charge in [-0.1, -0.05) is 6.07 Å². The Morgan fingerprint density at radius 1 is 1.29 bits per heavy atom. The topological polar surface area (TPSA) is 78.5 Å². The molecule has 0 unspecified atom stereocenters. The summed E-state index contributed by atoms with van der Waals surface area (Å²) in [4.78, 5) is 12.2. The number of rotatable bonds is 4. The molecule has 1 heterocycles. The van der Waals surface area contributed by atoms with Gasteiger partial charge in [-0.3, -0.25) is 4.79 Å². The van der Waals surface area contributed by atoms with E-state index in [-0.39, 0.29) is 10.8 Å². The monoisotopic (exact) mass is 309 g/mol. The lowest BCUT2D eigenvalue weighted by atomic mass is 10.0. The molecule has 6 nitrogen and oxygen atoms in total. The van der Waals surface area contributed by atoms with E-state index in [1.165, 1.54) is 26.2 Å². The Hall–Kier alpha value is -1.70. The van der Waals surface area contributed by atoms with Crippen LogP contribution in [0.4, 0.5) is 5.69 Å².